The molecule has 0 amide bonds. The third kappa shape index (κ3) is 3.10. The Kier molecular flexibility index (Phi) is 4.31. The largest absolute Gasteiger partial charge is 0.468 e. The molecule has 2 aromatic rings. The normalized spacial score (nSPS) is 24.8. The predicted molar refractivity (Wildman–Crippen MR) is 105 cm³/mol. The van der Waals surface area contributed by atoms with E-state index in [4.69, 9.17) is 21.4 Å². The summed E-state index contributed by atoms with van der Waals surface area (Å²) < 4.78 is 19.8. The van der Waals surface area contributed by atoms with Crippen LogP contribution in [0.3, 0.4) is 0 Å². The second-order valence-corrected chi connectivity index (χ2v) is 8.18. The summed E-state index contributed by atoms with van der Waals surface area (Å²) in [6, 6.07) is 12.6. The SMILES string of the molecule is Fc1ccc(C2=NN3[C@@H](C4CCCCC4)Oc4ccc(Cl)cc4[C@@H]3C2)cc1. The van der Waals surface area contributed by atoms with Crippen molar-refractivity contribution in [1.29, 1.82) is 0 Å². The first kappa shape index (κ1) is 17.1. The van der Waals surface area contributed by atoms with Crippen LogP contribution in [0.1, 0.15) is 55.7 Å². The molecule has 140 valence electrons. The Morgan fingerprint density at radius 1 is 1.04 bits per heavy atom. The molecule has 2 aliphatic heterocycles. The van der Waals surface area contributed by atoms with Gasteiger partial charge >= 0.3 is 0 Å². The number of nitrogens with zero attached hydrogens (tertiary/aromatic N) is 2. The number of halogens is 2. The highest BCUT2D eigenvalue weighted by Crippen LogP contribution is 2.47. The molecule has 0 saturated heterocycles. The van der Waals surface area contributed by atoms with Crippen LogP contribution >= 0.6 is 11.6 Å². The lowest BCUT2D eigenvalue weighted by Crippen LogP contribution is -2.45. The van der Waals surface area contributed by atoms with Gasteiger partial charge in [-0.2, -0.15) is 5.10 Å². The molecular weight excluding hydrogens is 363 g/mol. The van der Waals surface area contributed by atoms with Crippen molar-refractivity contribution < 1.29 is 9.13 Å². The minimum Gasteiger partial charge on any atom is -0.468 e. The standard InChI is InChI=1S/C22H22ClFN2O/c23-16-8-11-21-18(12-16)20-13-19(14-6-9-17(24)10-7-14)25-26(20)22(27-21)15-4-2-1-3-5-15/h6-12,15,20,22H,1-5,13H2/t20-,22+/m0/s1. The number of hydrogen-bond donors (Lipinski definition) is 0. The van der Waals surface area contributed by atoms with Gasteiger partial charge in [0.2, 0.25) is 0 Å². The van der Waals surface area contributed by atoms with Crippen LogP contribution in [0.4, 0.5) is 4.39 Å². The van der Waals surface area contributed by atoms with Gasteiger partial charge in [-0.05, 0) is 48.7 Å². The highest BCUT2D eigenvalue weighted by atomic mass is 35.5. The summed E-state index contributed by atoms with van der Waals surface area (Å²) in [6.07, 6.45) is 6.92. The summed E-state index contributed by atoms with van der Waals surface area (Å²) in [6.45, 7) is 0. The smallest absolute Gasteiger partial charge is 0.190 e. The van der Waals surface area contributed by atoms with Crippen molar-refractivity contribution in [3.05, 3.63) is 64.4 Å². The summed E-state index contributed by atoms with van der Waals surface area (Å²) in [5, 5.41) is 7.81. The summed E-state index contributed by atoms with van der Waals surface area (Å²) >= 11 is 6.27. The Bertz CT molecular complexity index is 876. The van der Waals surface area contributed by atoms with Crippen molar-refractivity contribution in [1.82, 2.24) is 5.01 Å². The molecule has 1 aliphatic carbocycles. The van der Waals surface area contributed by atoms with E-state index in [1.54, 1.807) is 0 Å². The minimum atomic E-state index is -0.226. The maximum absolute atomic E-state index is 13.3. The second kappa shape index (κ2) is 6.83. The van der Waals surface area contributed by atoms with Crippen molar-refractivity contribution in [2.45, 2.75) is 50.8 Å². The Balaban J connectivity index is 1.53. The molecule has 0 radical (unpaired) electrons. The molecule has 27 heavy (non-hydrogen) atoms. The number of hydrogen-bond acceptors (Lipinski definition) is 3. The second-order valence-electron chi connectivity index (χ2n) is 7.74. The van der Waals surface area contributed by atoms with Crippen molar-refractivity contribution in [2.75, 3.05) is 0 Å². The van der Waals surface area contributed by atoms with Gasteiger partial charge in [0.25, 0.3) is 0 Å². The molecular formula is C22H22ClFN2O. The van der Waals surface area contributed by atoms with Gasteiger partial charge in [-0.15, -0.1) is 0 Å². The van der Waals surface area contributed by atoms with E-state index in [9.17, 15) is 4.39 Å². The first-order valence-corrected chi connectivity index (χ1v) is 10.1. The molecule has 2 heterocycles. The first-order valence-electron chi connectivity index (χ1n) is 9.77. The van der Waals surface area contributed by atoms with E-state index < -0.39 is 0 Å². The lowest BCUT2D eigenvalue weighted by Gasteiger charge is -2.42. The lowest BCUT2D eigenvalue weighted by atomic mass is 9.86. The van der Waals surface area contributed by atoms with Crippen LogP contribution in [0.5, 0.6) is 5.75 Å². The summed E-state index contributed by atoms with van der Waals surface area (Å²) in [5.74, 6) is 1.18. The van der Waals surface area contributed by atoms with Gasteiger partial charge in [-0.1, -0.05) is 43.0 Å². The highest BCUT2D eigenvalue weighted by molar-refractivity contribution is 6.30. The highest BCUT2D eigenvalue weighted by Gasteiger charge is 2.43. The topological polar surface area (TPSA) is 24.8 Å². The van der Waals surface area contributed by atoms with Crippen molar-refractivity contribution in [3.8, 4) is 5.75 Å². The lowest BCUT2D eigenvalue weighted by molar-refractivity contribution is -0.0643. The Morgan fingerprint density at radius 2 is 1.81 bits per heavy atom. The van der Waals surface area contributed by atoms with Crippen LogP contribution in [0.25, 0.3) is 0 Å². The zero-order chi connectivity index (χ0) is 18.4. The maximum atomic E-state index is 13.3. The monoisotopic (exact) mass is 384 g/mol. The molecule has 0 spiro atoms. The fourth-order valence-corrected chi connectivity index (χ4v) is 4.81. The average molecular weight is 385 g/mol. The van der Waals surface area contributed by atoms with E-state index in [0.29, 0.717) is 10.9 Å². The van der Waals surface area contributed by atoms with E-state index in [-0.39, 0.29) is 18.1 Å². The van der Waals surface area contributed by atoms with E-state index in [2.05, 4.69) is 5.01 Å². The molecule has 0 N–H and O–H groups in total. The van der Waals surface area contributed by atoms with Gasteiger partial charge in [0.15, 0.2) is 6.23 Å². The van der Waals surface area contributed by atoms with Gasteiger partial charge in [0, 0.05) is 22.9 Å². The average Bonchev–Trinajstić information content (AvgIpc) is 3.14. The minimum absolute atomic E-state index is 0.0399. The van der Waals surface area contributed by atoms with Crippen LogP contribution < -0.4 is 4.74 Å². The third-order valence-electron chi connectivity index (χ3n) is 6.01. The van der Waals surface area contributed by atoms with Crippen LogP contribution in [0.2, 0.25) is 5.02 Å². The maximum Gasteiger partial charge on any atom is 0.190 e. The van der Waals surface area contributed by atoms with Gasteiger partial charge in [0.05, 0.1) is 11.8 Å². The van der Waals surface area contributed by atoms with Crippen LogP contribution in [-0.4, -0.2) is 16.9 Å². The molecule has 5 rings (SSSR count). The number of rotatable bonds is 2. The van der Waals surface area contributed by atoms with Crippen molar-refractivity contribution in [2.24, 2.45) is 11.0 Å². The molecule has 1 fully saturated rings. The molecule has 2 atom stereocenters. The molecule has 0 unspecified atom stereocenters. The summed E-state index contributed by atoms with van der Waals surface area (Å²) in [4.78, 5) is 0. The van der Waals surface area contributed by atoms with E-state index >= 15 is 0 Å². The first-order chi connectivity index (χ1) is 13.2. The van der Waals surface area contributed by atoms with Gasteiger partial charge in [-0.3, -0.25) is 0 Å². The Hall–Kier alpha value is -2.07. The van der Waals surface area contributed by atoms with Crippen LogP contribution in [0, 0.1) is 11.7 Å². The fourth-order valence-electron chi connectivity index (χ4n) is 4.63. The van der Waals surface area contributed by atoms with Crippen LogP contribution in [-0.2, 0) is 0 Å². The van der Waals surface area contributed by atoms with Gasteiger partial charge in [0.1, 0.15) is 11.6 Å². The van der Waals surface area contributed by atoms with Crippen molar-refractivity contribution >= 4 is 17.3 Å². The van der Waals surface area contributed by atoms with Gasteiger partial charge < -0.3 is 4.74 Å². The fraction of sp³-hybridized carbons (Fsp3) is 0.409. The number of ether oxygens (including phenoxy) is 1. The summed E-state index contributed by atoms with van der Waals surface area (Å²) in [7, 11) is 0. The Labute approximate surface area is 163 Å². The van der Waals surface area contributed by atoms with E-state index in [0.717, 1.165) is 29.0 Å². The molecule has 3 aliphatic rings. The number of benzene rings is 2. The predicted octanol–water partition coefficient (Wildman–Crippen LogP) is 5.93. The number of fused-ring (bicyclic) bond motifs is 3. The summed E-state index contributed by atoms with van der Waals surface area (Å²) in [5.41, 5.74) is 3.05. The quantitative estimate of drug-likeness (QED) is 0.641. The molecule has 3 nitrogen and oxygen atoms in total. The third-order valence-corrected chi connectivity index (χ3v) is 6.25. The molecule has 1 saturated carbocycles. The molecule has 0 bridgehead atoms. The Morgan fingerprint density at radius 3 is 2.59 bits per heavy atom. The number of hydrazone groups is 1. The van der Waals surface area contributed by atoms with E-state index in [1.165, 1.54) is 44.2 Å². The zero-order valence-corrected chi connectivity index (χ0v) is 15.8. The molecule has 2 aromatic carbocycles. The van der Waals surface area contributed by atoms with Crippen molar-refractivity contribution in [3.63, 3.8) is 0 Å². The van der Waals surface area contributed by atoms with Gasteiger partial charge in [-0.25, -0.2) is 9.40 Å². The van der Waals surface area contributed by atoms with Crippen LogP contribution in [0.15, 0.2) is 47.6 Å². The molecule has 0 aromatic heterocycles. The zero-order valence-electron chi connectivity index (χ0n) is 15.1. The molecule has 5 heteroatoms. The van der Waals surface area contributed by atoms with E-state index in [1.807, 2.05) is 30.3 Å².